The Hall–Kier alpha value is -5.66. The van der Waals surface area contributed by atoms with Crippen LogP contribution in [-0.2, 0) is 32.0 Å². The quantitative estimate of drug-likeness (QED) is 0.100. The number of amides is 2. The van der Waals surface area contributed by atoms with Crippen molar-refractivity contribution < 1.29 is 47.8 Å². The monoisotopic (exact) mass is 721 g/mol. The zero-order valence-corrected chi connectivity index (χ0v) is 31.2. The van der Waals surface area contributed by atoms with Gasteiger partial charge in [-0.25, -0.2) is 19.6 Å². The second-order valence-electron chi connectivity index (χ2n) is 12.7. The van der Waals surface area contributed by atoms with Crippen LogP contribution in [0, 0.1) is 24.0 Å². The molecule has 0 saturated carbocycles. The normalized spacial score (nSPS) is 10.9. The lowest BCUT2D eigenvalue weighted by atomic mass is 10.0. The van der Waals surface area contributed by atoms with Gasteiger partial charge in [-0.3, -0.25) is 19.7 Å². The number of hydrogen-bond acceptors (Lipinski definition) is 11. The summed E-state index contributed by atoms with van der Waals surface area (Å²) in [7, 11) is 1.48. The van der Waals surface area contributed by atoms with Crippen molar-refractivity contribution in [2.24, 2.45) is 0 Å². The van der Waals surface area contributed by atoms with Gasteiger partial charge < -0.3 is 23.7 Å². The van der Waals surface area contributed by atoms with Gasteiger partial charge in [-0.2, -0.15) is 0 Å². The van der Waals surface area contributed by atoms with Gasteiger partial charge in [0.2, 0.25) is 0 Å². The van der Waals surface area contributed by atoms with Crippen molar-refractivity contribution in [2.45, 2.75) is 73.9 Å². The van der Waals surface area contributed by atoms with Gasteiger partial charge >= 0.3 is 11.9 Å². The van der Waals surface area contributed by atoms with E-state index in [2.05, 4.69) is 0 Å². The number of hydrogen-bond donors (Lipinski definition) is 0. The second-order valence-corrected chi connectivity index (χ2v) is 12.7. The van der Waals surface area contributed by atoms with Gasteiger partial charge in [0.25, 0.3) is 17.5 Å². The largest absolute Gasteiger partial charge is 0.496 e. The van der Waals surface area contributed by atoms with E-state index in [1.807, 2.05) is 26.8 Å². The summed E-state index contributed by atoms with van der Waals surface area (Å²) in [5.41, 5.74) is 1.14. The number of esters is 2. The second kappa shape index (κ2) is 18.0. The fraction of sp³-hybridized carbons (Fsp3) is 0.421. The molecule has 0 unspecified atom stereocenters. The lowest BCUT2D eigenvalue weighted by molar-refractivity contribution is -0.385. The summed E-state index contributed by atoms with van der Waals surface area (Å²) in [4.78, 5) is 65.7. The van der Waals surface area contributed by atoms with Crippen molar-refractivity contribution in [1.82, 2.24) is 10.0 Å². The molecule has 0 saturated heterocycles. The number of methoxy groups -OCH3 is 1. The van der Waals surface area contributed by atoms with Crippen LogP contribution in [0.3, 0.4) is 0 Å². The van der Waals surface area contributed by atoms with Crippen molar-refractivity contribution in [3.8, 4) is 17.2 Å². The maximum atomic E-state index is 14.9. The third-order valence-electron chi connectivity index (χ3n) is 7.67. The molecule has 0 spiro atoms. The van der Waals surface area contributed by atoms with Gasteiger partial charge in [0.15, 0.2) is 24.7 Å². The maximum absolute atomic E-state index is 14.9. The SMILES string of the molecule is CCOC(=O)COc1cc(CN(C(=O)c2cccc(OC)c2CC)N(C(=O)c2cc(C)cc(C)c2)C(C)(C)C)c([N+](=O)[O-])cc1OCC(=O)OCC. The predicted molar refractivity (Wildman–Crippen MR) is 191 cm³/mol. The fourth-order valence-corrected chi connectivity index (χ4v) is 5.64. The summed E-state index contributed by atoms with van der Waals surface area (Å²) in [6.45, 7) is 12.5. The zero-order valence-electron chi connectivity index (χ0n) is 31.2. The van der Waals surface area contributed by atoms with Crippen molar-refractivity contribution in [2.75, 3.05) is 33.5 Å². The van der Waals surface area contributed by atoms with E-state index in [9.17, 15) is 29.3 Å². The van der Waals surface area contributed by atoms with Crippen LogP contribution in [0.2, 0.25) is 0 Å². The summed E-state index contributed by atoms with van der Waals surface area (Å²) in [5.74, 6) is -2.54. The highest BCUT2D eigenvalue weighted by atomic mass is 16.6. The third kappa shape index (κ3) is 10.2. The Morgan fingerprint density at radius 2 is 1.35 bits per heavy atom. The van der Waals surface area contributed by atoms with Crippen LogP contribution in [0.15, 0.2) is 48.5 Å². The number of nitro groups is 1. The Morgan fingerprint density at radius 1 is 0.788 bits per heavy atom. The van der Waals surface area contributed by atoms with Gasteiger partial charge in [-0.05, 0) is 85.2 Å². The Bertz CT molecular complexity index is 1780. The molecule has 52 heavy (non-hydrogen) atoms. The fourth-order valence-electron chi connectivity index (χ4n) is 5.64. The minimum Gasteiger partial charge on any atom is -0.496 e. The molecule has 0 aliphatic carbocycles. The molecule has 0 aliphatic heterocycles. The molecule has 14 heteroatoms. The average Bonchev–Trinajstić information content (AvgIpc) is 3.08. The first-order chi connectivity index (χ1) is 24.6. The number of nitrogens with zero attached hydrogens (tertiary/aromatic N) is 3. The summed E-state index contributed by atoms with van der Waals surface area (Å²) in [6.07, 6.45) is 0.401. The molecule has 3 aromatic carbocycles. The average molecular weight is 722 g/mol. The van der Waals surface area contributed by atoms with Gasteiger partial charge in [0, 0.05) is 16.7 Å². The number of carbonyl (C=O) groups excluding carboxylic acids is 4. The van der Waals surface area contributed by atoms with E-state index in [1.165, 1.54) is 23.2 Å². The van der Waals surface area contributed by atoms with Crippen molar-refractivity contribution in [1.29, 1.82) is 0 Å². The molecule has 0 bridgehead atoms. The van der Waals surface area contributed by atoms with Crippen LogP contribution in [0.4, 0.5) is 5.69 Å². The molecule has 3 aromatic rings. The highest BCUT2D eigenvalue weighted by Gasteiger charge is 2.38. The summed E-state index contributed by atoms with van der Waals surface area (Å²) >= 11 is 0. The van der Waals surface area contributed by atoms with E-state index in [0.29, 0.717) is 23.3 Å². The molecule has 0 heterocycles. The van der Waals surface area contributed by atoms with Crippen molar-refractivity contribution in [3.63, 3.8) is 0 Å². The molecule has 14 nitrogen and oxygen atoms in total. The van der Waals surface area contributed by atoms with E-state index in [-0.39, 0.29) is 35.8 Å². The molecule has 2 amide bonds. The molecular formula is C38H47N3O11. The van der Waals surface area contributed by atoms with Crippen molar-refractivity contribution >= 4 is 29.4 Å². The lowest BCUT2D eigenvalue weighted by Gasteiger charge is -2.44. The highest BCUT2D eigenvalue weighted by Crippen LogP contribution is 2.37. The van der Waals surface area contributed by atoms with Gasteiger partial charge in [-0.15, -0.1) is 0 Å². The Balaban J connectivity index is 2.32. The van der Waals surface area contributed by atoms with E-state index in [4.69, 9.17) is 23.7 Å². The van der Waals surface area contributed by atoms with Gasteiger partial charge in [0.1, 0.15) is 5.75 Å². The topological polar surface area (TPSA) is 164 Å². The molecule has 0 radical (unpaired) electrons. The number of benzene rings is 3. The number of aryl methyl sites for hydroxylation is 2. The molecule has 0 aliphatic rings. The number of ether oxygens (including phenoxy) is 5. The van der Waals surface area contributed by atoms with E-state index in [1.54, 1.807) is 65.0 Å². The van der Waals surface area contributed by atoms with Crippen LogP contribution in [0.25, 0.3) is 0 Å². The Kier molecular flexibility index (Phi) is 14.1. The maximum Gasteiger partial charge on any atom is 0.344 e. The van der Waals surface area contributed by atoms with Crippen LogP contribution in [0.1, 0.15) is 84.5 Å². The van der Waals surface area contributed by atoms with Gasteiger partial charge in [0.05, 0.1) is 49.0 Å². The first-order valence-corrected chi connectivity index (χ1v) is 16.8. The van der Waals surface area contributed by atoms with E-state index >= 15 is 0 Å². The first kappa shape index (κ1) is 40.8. The lowest BCUT2D eigenvalue weighted by Crippen LogP contribution is -2.58. The smallest absolute Gasteiger partial charge is 0.344 e. The van der Waals surface area contributed by atoms with Crippen LogP contribution < -0.4 is 14.2 Å². The number of carbonyl (C=O) groups is 4. The van der Waals surface area contributed by atoms with Crippen molar-refractivity contribution in [3.05, 3.63) is 92.0 Å². The minimum atomic E-state index is -1.05. The summed E-state index contributed by atoms with van der Waals surface area (Å²) in [5, 5.41) is 15.1. The molecule has 280 valence electrons. The molecular weight excluding hydrogens is 674 g/mol. The predicted octanol–water partition coefficient (Wildman–Crippen LogP) is 6.16. The summed E-state index contributed by atoms with van der Waals surface area (Å²) in [6, 6.07) is 12.6. The zero-order chi connectivity index (χ0) is 38.7. The highest BCUT2D eigenvalue weighted by molar-refractivity contribution is 6.00. The standard InChI is InChI=1S/C38H47N3O11/c1-10-28-29(14-13-15-31(28)48-9)37(45)39(40(38(6,7)8)36(44)26-17-24(4)16-25(5)18-26)21-27-19-32(51-22-34(42)49-11-2)33(20-30(27)41(46)47)52-23-35(43)50-12-3/h13-20H,10-12,21-23H2,1-9H3. The van der Waals surface area contributed by atoms with Crippen LogP contribution in [0.5, 0.6) is 17.2 Å². The van der Waals surface area contributed by atoms with Crippen LogP contribution in [-0.4, -0.2) is 77.8 Å². The number of hydrazine groups is 1. The third-order valence-corrected chi connectivity index (χ3v) is 7.67. The molecule has 0 fully saturated rings. The molecule has 0 N–H and O–H groups in total. The Morgan fingerprint density at radius 3 is 1.83 bits per heavy atom. The number of rotatable bonds is 15. The molecule has 0 atom stereocenters. The van der Waals surface area contributed by atoms with E-state index in [0.717, 1.165) is 17.2 Å². The molecule has 3 rings (SSSR count). The van der Waals surface area contributed by atoms with Gasteiger partial charge in [-0.1, -0.05) is 30.2 Å². The first-order valence-electron chi connectivity index (χ1n) is 16.8. The Labute approximate surface area is 303 Å². The van der Waals surface area contributed by atoms with E-state index < -0.39 is 59.7 Å². The number of nitro benzene ring substituents is 1. The molecule has 0 aromatic heterocycles. The summed E-state index contributed by atoms with van der Waals surface area (Å²) < 4.78 is 26.7. The van der Waals surface area contributed by atoms with Crippen LogP contribution >= 0.6 is 0 Å². The minimum absolute atomic E-state index is 0.0656.